The molecule has 0 aromatic heterocycles. The molecular formula is C22H29N3O3. The average molecular weight is 383 g/mol. The maximum atomic E-state index is 10.2. The van der Waals surface area contributed by atoms with Crippen molar-refractivity contribution in [1.82, 2.24) is 5.32 Å². The van der Waals surface area contributed by atoms with Crippen molar-refractivity contribution in [1.29, 1.82) is 0 Å². The van der Waals surface area contributed by atoms with Gasteiger partial charge >= 0.3 is 0 Å². The van der Waals surface area contributed by atoms with Crippen LogP contribution in [-0.4, -0.2) is 31.8 Å². The molecule has 0 unspecified atom stereocenters. The Balaban J connectivity index is 1.57. The molecule has 0 fully saturated rings. The number of nitrogens with one attached hydrogen (secondary N) is 1. The number of phenolic OH excluding ortho intramolecular Hbond substituents is 1. The van der Waals surface area contributed by atoms with Crippen LogP contribution in [0, 0.1) is 0 Å². The zero-order chi connectivity index (χ0) is 19.9. The van der Waals surface area contributed by atoms with E-state index in [1.54, 1.807) is 20.3 Å². The summed E-state index contributed by atoms with van der Waals surface area (Å²) in [7, 11) is 3.25. The van der Waals surface area contributed by atoms with E-state index < -0.39 is 0 Å². The number of ether oxygens (including phenoxy) is 2. The van der Waals surface area contributed by atoms with Crippen LogP contribution in [0.3, 0.4) is 0 Å². The molecule has 2 aromatic rings. The summed E-state index contributed by atoms with van der Waals surface area (Å²) in [6.45, 7) is 1.05. The van der Waals surface area contributed by atoms with Crippen LogP contribution >= 0.6 is 0 Å². The highest BCUT2D eigenvalue weighted by molar-refractivity contribution is 5.77. The molecule has 150 valence electrons. The lowest BCUT2D eigenvalue weighted by Crippen LogP contribution is -2.33. The van der Waals surface area contributed by atoms with Crippen molar-refractivity contribution in [2.45, 2.75) is 38.6 Å². The smallest absolute Gasteiger partial charge is 0.188 e. The zero-order valence-corrected chi connectivity index (χ0v) is 16.6. The Morgan fingerprint density at radius 1 is 1.11 bits per heavy atom. The number of aromatic hydroxyl groups is 1. The van der Waals surface area contributed by atoms with E-state index in [1.165, 1.54) is 17.5 Å². The predicted octanol–water partition coefficient (Wildman–Crippen LogP) is 2.94. The number of benzene rings is 2. The summed E-state index contributed by atoms with van der Waals surface area (Å²) in [5.41, 5.74) is 10.6. The monoisotopic (exact) mass is 383 g/mol. The summed E-state index contributed by atoms with van der Waals surface area (Å²) in [5, 5.41) is 13.4. The molecule has 3 rings (SSSR count). The van der Waals surface area contributed by atoms with Crippen molar-refractivity contribution in [3.8, 4) is 17.2 Å². The molecule has 1 aliphatic carbocycles. The summed E-state index contributed by atoms with van der Waals surface area (Å²) in [4.78, 5) is 4.43. The number of hydrogen-bond donors (Lipinski definition) is 3. The number of fused-ring (bicyclic) bond motifs is 1. The number of guanidine groups is 1. The molecule has 0 spiro atoms. The van der Waals surface area contributed by atoms with Crippen LogP contribution in [0.15, 0.2) is 35.3 Å². The third-order valence-electron chi connectivity index (χ3n) is 5.20. The van der Waals surface area contributed by atoms with E-state index in [0.717, 1.165) is 36.8 Å². The van der Waals surface area contributed by atoms with Gasteiger partial charge in [-0.3, -0.25) is 0 Å². The first-order valence-electron chi connectivity index (χ1n) is 9.69. The first-order chi connectivity index (χ1) is 13.6. The third-order valence-corrected chi connectivity index (χ3v) is 5.20. The van der Waals surface area contributed by atoms with Gasteiger partial charge in [0, 0.05) is 12.1 Å². The van der Waals surface area contributed by atoms with E-state index in [0.29, 0.717) is 36.3 Å². The Kier molecular flexibility index (Phi) is 6.63. The molecular weight excluding hydrogens is 354 g/mol. The van der Waals surface area contributed by atoms with Crippen LogP contribution in [0.4, 0.5) is 0 Å². The molecule has 2 aromatic carbocycles. The molecule has 0 amide bonds. The third kappa shape index (κ3) is 4.68. The van der Waals surface area contributed by atoms with E-state index in [-0.39, 0.29) is 0 Å². The molecule has 0 bridgehead atoms. The second-order valence-electron chi connectivity index (χ2n) is 6.98. The van der Waals surface area contributed by atoms with Gasteiger partial charge in [0.05, 0.1) is 20.8 Å². The minimum atomic E-state index is 0.308. The summed E-state index contributed by atoms with van der Waals surface area (Å²) >= 11 is 0. The average Bonchev–Trinajstić information content (AvgIpc) is 2.72. The second-order valence-corrected chi connectivity index (χ2v) is 6.98. The van der Waals surface area contributed by atoms with E-state index in [1.807, 2.05) is 24.3 Å². The zero-order valence-electron chi connectivity index (χ0n) is 16.6. The topological polar surface area (TPSA) is 89.1 Å². The highest BCUT2D eigenvalue weighted by Crippen LogP contribution is 2.31. The van der Waals surface area contributed by atoms with Crippen LogP contribution in [0.5, 0.6) is 17.2 Å². The fraction of sp³-hybridized carbons (Fsp3) is 0.409. The number of rotatable bonds is 7. The van der Waals surface area contributed by atoms with Gasteiger partial charge in [0.2, 0.25) is 0 Å². The van der Waals surface area contributed by atoms with Gasteiger partial charge < -0.3 is 25.6 Å². The molecule has 1 aliphatic rings. The summed E-state index contributed by atoms with van der Waals surface area (Å²) in [6, 6.07) is 9.66. The van der Waals surface area contributed by atoms with Crippen molar-refractivity contribution < 1.29 is 14.6 Å². The van der Waals surface area contributed by atoms with Crippen LogP contribution in [0.1, 0.15) is 35.1 Å². The fourth-order valence-electron chi connectivity index (χ4n) is 3.66. The number of hydrogen-bond acceptors (Lipinski definition) is 4. The summed E-state index contributed by atoms with van der Waals surface area (Å²) in [5.74, 6) is 2.12. The maximum absolute atomic E-state index is 10.2. The van der Waals surface area contributed by atoms with Crippen LogP contribution < -0.4 is 20.5 Å². The van der Waals surface area contributed by atoms with Gasteiger partial charge in [-0.25, -0.2) is 4.99 Å². The minimum absolute atomic E-state index is 0.308. The van der Waals surface area contributed by atoms with E-state index >= 15 is 0 Å². The molecule has 0 saturated carbocycles. The molecule has 28 heavy (non-hydrogen) atoms. The molecule has 0 aliphatic heterocycles. The molecule has 6 nitrogen and oxygen atoms in total. The van der Waals surface area contributed by atoms with Gasteiger partial charge in [-0.2, -0.15) is 0 Å². The quantitative estimate of drug-likeness (QED) is 0.505. The normalized spacial score (nSPS) is 13.7. The molecule has 4 N–H and O–H groups in total. The largest absolute Gasteiger partial charge is 0.508 e. The number of aryl methyl sites for hydroxylation is 1. The second kappa shape index (κ2) is 9.35. The standard InChI is InChI=1S/C22H29N3O3/c1-27-20-10-7-15(13-21(20)28-2)11-12-24-22(23)25-14-18-17-6-4-3-5-16(17)8-9-19(18)26/h7-10,13,26H,3-6,11-12,14H2,1-2H3,(H3,23,24,25). The Hall–Kier alpha value is -2.89. The predicted molar refractivity (Wildman–Crippen MR) is 111 cm³/mol. The Morgan fingerprint density at radius 2 is 1.89 bits per heavy atom. The van der Waals surface area contributed by atoms with Gasteiger partial charge in [0.25, 0.3) is 0 Å². The molecule has 0 heterocycles. The van der Waals surface area contributed by atoms with Gasteiger partial charge in [-0.15, -0.1) is 0 Å². The lowest BCUT2D eigenvalue weighted by atomic mass is 9.88. The Morgan fingerprint density at radius 3 is 2.68 bits per heavy atom. The highest BCUT2D eigenvalue weighted by atomic mass is 16.5. The van der Waals surface area contributed by atoms with E-state index in [9.17, 15) is 5.11 Å². The number of nitrogens with two attached hydrogens (primary N) is 1. The van der Waals surface area contributed by atoms with Crippen molar-refractivity contribution in [3.63, 3.8) is 0 Å². The van der Waals surface area contributed by atoms with Gasteiger partial charge in [-0.1, -0.05) is 12.1 Å². The van der Waals surface area contributed by atoms with Crippen molar-refractivity contribution >= 4 is 5.96 Å². The van der Waals surface area contributed by atoms with E-state index in [4.69, 9.17) is 15.2 Å². The lowest BCUT2D eigenvalue weighted by molar-refractivity contribution is 0.354. The number of nitrogens with zero attached hydrogens (tertiary/aromatic N) is 1. The van der Waals surface area contributed by atoms with Crippen LogP contribution in [-0.2, 0) is 25.8 Å². The van der Waals surface area contributed by atoms with E-state index in [2.05, 4.69) is 10.3 Å². The lowest BCUT2D eigenvalue weighted by Gasteiger charge is -2.19. The first-order valence-corrected chi connectivity index (χ1v) is 9.69. The fourth-order valence-corrected chi connectivity index (χ4v) is 3.66. The minimum Gasteiger partial charge on any atom is -0.508 e. The van der Waals surface area contributed by atoms with Gasteiger partial charge in [0.15, 0.2) is 17.5 Å². The molecule has 0 atom stereocenters. The number of aliphatic imine (C=N–C) groups is 1. The SMILES string of the molecule is COc1ccc(CCNC(N)=NCc2c(O)ccc3c2CCCC3)cc1OC. The van der Waals surface area contributed by atoms with Crippen molar-refractivity contribution in [3.05, 3.63) is 52.6 Å². The van der Waals surface area contributed by atoms with Gasteiger partial charge in [0.1, 0.15) is 5.75 Å². The van der Waals surface area contributed by atoms with Crippen molar-refractivity contribution in [2.24, 2.45) is 10.7 Å². The number of methoxy groups -OCH3 is 2. The summed E-state index contributed by atoms with van der Waals surface area (Å²) < 4.78 is 10.6. The molecule has 0 radical (unpaired) electrons. The van der Waals surface area contributed by atoms with Crippen LogP contribution in [0.25, 0.3) is 0 Å². The highest BCUT2D eigenvalue weighted by Gasteiger charge is 2.16. The first kappa shape index (κ1) is 19.9. The van der Waals surface area contributed by atoms with Crippen molar-refractivity contribution in [2.75, 3.05) is 20.8 Å². The van der Waals surface area contributed by atoms with Crippen LogP contribution in [0.2, 0.25) is 0 Å². The summed E-state index contributed by atoms with van der Waals surface area (Å²) in [6.07, 6.45) is 5.22. The Bertz CT molecular complexity index is 849. The molecule has 0 saturated heterocycles. The number of phenols is 1. The molecule has 6 heteroatoms. The Labute approximate surface area is 166 Å². The maximum Gasteiger partial charge on any atom is 0.188 e. The van der Waals surface area contributed by atoms with Gasteiger partial charge in [-0.05, 0) is 67.0 Å².